The highest BCUT2D eigenvalue weighted by atomic mass is 32.2. The Hall–Kier alpha value is -3.71. The minimum atomic E-state index is -3.85. The second-order valence-corrected chi connectivity index (χ2v) is 8.97. The van der Waals surface area contributed by atoms with Gasteiger partial charge in [0, 0.05) is 40.7 Å². The van der Waals surface area contributed by atoms with E-state index in [2.05, 4.69) is 4.98 Å². The molecular formula is C24H13F2NO3S. The molecule has 1 aromatic heterocycles. The summed E-state index contributed by atoms with van der Waals surface area (Å²) in [5, 5.41) is 0. The van der Waals surface area contributed by atoms with Crippen molar-refractivity contribution in [2.24, 2.45) is 0 Å². The van der Waals surface area contributed by atoms with Crippen molar-refractivity contribution >= 4 is 15.6 Å². The minimum Gasteiger partial charge on any atom is -0.289 e. The zero-order valence-corrected chi connectivity index (χ0v) is 16.7. The number of carbonyl (C=O) groups excluding carboxylic acids is 1. The molecular weight excluding hydrogens is 420 g/mol. The molecule has 4 aromatic rings. The van der Waals surface area contributed by atoms with Gasteiger partial charge in [0.1, 0.15) is 11.6 Å². The third kappa shape index (κ3) is 2.97. The summed E-state index contributed by atoms with van der Waals surface area (Å²) in [6, 6.07) is 15.3. The van der Waals surface area contributed by atoms with Crippen LogP contribution in [0.4, 0.5) is 8.78 Å². The number of hydrogen-bond donors (Lipinski definition) is 0. The quantitative estimate of drug-likeness (QED) is 0.390. The lowest BCUT2D eigenvalue weighted by Gasteiger charge is -2.20. The van der Waals surface area contributed by atoms with Crippen LogP contribution < -0.4 is 0 Å². The molecule has 7 heteroatoms. The lowest BCUT2D eigenvalue weighted by atomic mass is 9.93. The Kier molecular flexibility index (Phi) is 4.30. The van der Waals surface area contributed by atoms with E-state index in [1.54, 1.807) is 24.3 Å². The van der Waals surface area contributed by atoms with Crippen molar-refractivity contribution in [3.8, 4) is 22.3 Å². The van der Waals surface area contributed by atoms with Crippen LogP contribution in [0.3, 0.4) is 0 Å². The van der Waals surface area contributed by atoms with E-state index in [0.717, 1.165) is 12.1 Å². The molecule has 0 atom stereocenters. The summed E-state index contributed by atoms with van der Waals surface area (Å²) in [7, 11) is -3.85. The van der Waals surface area contributed by atoms with Crippen LogP contribution >= 0.6 is 0 Å². The molecule has 2 heterocycles. The van der Waals surface area contributed by atoms with Gasteiger partial charge in [-0.1, -0.05) is 18.2 Å². The molecule has 0 radical (unpaired) electrons. The predicted octanol–water partition coefficient (Wildman–Crippen LogP) is 5.07. The fourth-order valence-corrected chi connectivity index (χ4v) is 5.46. The topological polar surface area (TPSA) is 64.1 Å². The lowest BCUT2D eigenvalue weighted by molar-refractivity contribution is 0.103. The van der Waals surface area contributed by atoms with Gasteiger partial charge in [-0.2, -0.15) is 0 Å². The first-order valence-electron chi connectivity index (χ1n) is 9.30. The molecule has 0 saturated heterocycles. The van der Waals surface area contributed by atoms with E-state index in [1.807, 2.05) is 0 Å². The molecule has 0 spiro atoms. The normalized spacial score (nSPS) is 14.1. The standard InChI is InChI=1S/C24H13F2NO3S/c25-15-6-7-17(21(26)12-15)16-9-10-27-13-20(16)14-5-8-23-19(11-14)24(28)18-3-1-2-4-22(18)31(23,29)30/h1-13H. The van der Waals surface area contributed by atoms with E-state index >= 15 is 0 Å². The van der Waals surface area contributed by atoms with Crippen LogP contribution in [-0.2, 0) is 9.84 Å². The van der Waals surface area contributed by atoms with Gasteiger partial charge < -0.3 is 0 Å². The lowest BCUT2D eigenvalue weighted by Crippen LogP contribution is -2.20. The first-order chi connectivity index (χ1) is 14.9. The average Bonchev–Trinajstić information content (AvgIpc) is 2.77. The number of carbonyl (C=O) groups is 1. The molecule has 0 amide bonds. The SMILES string of the molecule is O=C1c2ccccc2S(=O)(=O)c2ccc(-c3cnccc3-c3ccc(F)cc3F)cc21. The van der Waals surface area contributed by atoms with Crippen molar-refractivity contribution in [3.63, 3.8) is 0 Å². The Bertz CT molecular complexity index is 1500. The zero-order valence-electron chi connectivity index (χ0n) is 15.8. The first-order valence-corrected chi connectivity index (χ1v) is 10.8. The van der Waals surface area contributed by atoms with Gasteiger partial charge in [0.2, 0.25) is 9.84 Å². The van der Waals surface area contributed by atoms with Crippen LogP contribution in [-0.4, -0.2) is 19.2 Å². The minimum absolute atomic E-state index is 0.0179. The van der Waals surface area contributed by atoms with Gasteiger partial charge in [-0.15, -0.1) is 0 Å². The Morgan fingerprint density at radius 1 is 0.710 bits per heavy atom. The molecule has 0 saturated carbocycles. The number of ketones is 1. The van der Waals surface area contributed by atoms with Gasteiger partial charge in [0.05, 0.1) is 9.79 Å². The van der Waals surface area contributed by atoms with E-state index in [-0.39, 0.29) is 26.5 Å². The van der Waals surface area contributed by atoms with Gasteiger partial charge in [-0.25, -0.2) is 17.2 Å². The first kappa shape index (κ1) is 19.3. The smallest absolute Gasteiger partial charge is 0.208 e. The number of rotatable bonds is 2. The number of halogens is 2. The third-order valence-corrected chi connectivity index (χ3v) is 7.16. The van der Waals surface area contributed by atoms with Crippen molar-refractivity contribution in [2.45, 2.75) is 9.79 Å². The van der Waals surface area contributed by atoms with E-state index in [0.29, 0.717) is 16.7 Å². The molecule has 0 bridgehead atoms. The number of aromatic nitrogens is 1. The van der Waals surface area contributed by atoms with Crippen LogP contribution in [0.25, 0.3) is 22.3 Å². The Morgan fingerprint density at radius 3 is 2.29 bits per heavy atom. The molecule has 152 valence electrons. The van der Waals surface area contributed by atoms with Crippen LogP contribution in [0, 0.1) is 11.6 Å². The van der Waals surface area contributed by atoms with Gasteiger partial charge >= 0.3 is 0 Å². The maximum Gasteiger partial charge on any atom is 0.208 e. The number of hydrogen-bond acceptors (Lipinski definition) is 4. The Morgan fingerprint density at radius 2 is 1.48 bits per heavy atom. The largest absolute Gasteiger partial charge is 0.289 e. The van der Waals surface area contributed by atoms with Gasteiger partial charge in [0.25, 0.3) is 0 Å². The molecule has 3 aromatic carbocycles. The van der Waals surface area contributed by atoms with Crippen molar-refractivity contribution in [3.05, 3.63) is 102 Å². The van der Waals surface area contributed by atoms with E-state index in [1.165, 1.54) is 42.7 Å². The van der Waals surface area contributed by atoms with E-state index in [9.17, 15) is 22.0 Å². The van der Waals surface area contributed by atoms with Crippen LogP contribution in [0.1, 0.15) is 15.9 Å². The molecule has 0 fully saturated rings. The molecule has 0 N–H and O–H groups in total. The summed E-state index contributed by atoms with van der Waals surface area (Å²) in [6.07, 6.45) is 2.97. The maximum absolute atomic E-state index is 14.4. The zero-order chi connectivity index (χ0) is 21.8. The monoisotopic (exact) mass is 433 g/mol. The summed E-state index contributed by atoms with van der Waals surface area (Å²) < 4.78 is 53.8. The molecule has 0 unspecified atom stereocenters. The molecule has 1 aliphatic rings. The highest BCUT2D eigenvalue weighted by Gasteiger charge is 2.34. The van der Waals surface area contributed by atoms with Gasteiger partial charge in [-0.05, 0) is 53.6 Å². The van der Waals surface area contributed by atoms with Crippen LogP contribution in [0.5, 0.6) is 0 Å². The highest BCUT2D eigenvalue weighted by molar-refractivity contribution is 7.91. The van der Waals surface area contributed by atoms with Crippen molar-refractivity contribution in [2.75, 3.05) is 0 Å². The fraction of sp³-hybridized carbons (Fsp3) is 0. The van der Waals surface area contributed by atoms with Crippen LogP contribution in [0.2, 0.25) is 0 Å². The summed E-state index contributed by atoms with van der Waals surface area (Å²) in [5.74, 6) is -1.83. The Labute approximate surface area is 176 Å². The molecule has 1 aliphatic heterocycles. The summed E-state index contributed by atoms with van der Waals surface area (Å²) >= 11 is 0. The second-order valence-electron chi connectivity index (χ2n) is 7.09. The summed E-state index contributed by atoms with van der Waals surface area (Å²) in [6.45, 7) is 0. The number of fused-ring (bicyclic) bond motifs is 2. The van der Waals surface area contributed by atoms with E-state index < -0.39 is 27.3 Å². The van der Waals surface area contributed by atoms with Crippen molar-refractivity contribution < 1.29 is 22.0 Å². The van der Waals surface area contributed by atoms with Crippen molar-refractivity contribution in [1.82, 2.24) is 4.98 Å². The summed E-state index contributed by atoms with van der Waals surface area (Å²) in [4.78, 5) is 17.0. The molecule has 4 nitrogen and oxygen atoms in total. The second kappa shape index (κ2) is 6.92. The fourth-order valence-electron chi connectivity index (χ4n) is 3.83. The maximum atomic E-state index is 14.4. The number of benzene rings is 3. The highest BCUT2D eigenvalue weighted by Crippen LogP contribution is 2.38. The van der Waals surface area contributed by atoms with Gasteiger partial charge in [0.15, 0.2) is 5.78 Å². The predicted molar refractivity (Wildman–Crippen MR) is 110 cm³/mol. The molecule has 0 aliphatic carbocycles. The van der Waals surface area contributed by atoms with Crippen LogP contribution in [0.15, 0.2) is 88.9 Å². The molecule has 31 heavy (non-hydrogen) atoms. The number of pyridine rings is 1. The summed E-state index contributed by atoms with van der Waals surface area (Å²) in [5.41, 5.74) is 1.75. The van der Waals surface area contributed by atoms with Crippen molar-refractivity contribution in [1.29, 1.82) is 0 Å². The third-order valence-electron chi connectivity index (χ3n) is 5.29. The Balaban J connectivity index is 1.72. The number of sulfone groups is 1. The van der Waals surface area contributed by atoms with E-state index in [4.69, 9.17) is 0 Å². The van der Waals surface area contributed by atoms with Gasteiger partial charge in [-0.3, -0.25) is 9.78 Å². The molecule has 5 rings (SSSR count). The number of nitrogens with zero attached hydrogens (tertiary/aromatic N) is 1. The average molecular weight is 433 g/mol.